The molecule has 0 unspecified atom stereocenters. The van der Waals surface area contributed by atoms with E-state index < -0.39 is 22.9 Å². The standard InChI is InChI=1S/C30H35N7O5/c1-6-7-15-35-23-24(32-27(35)34-14-10-12-21(18-34)37(29(41)42)30(2,3)4)33(5)28(40)36(26(23)39)17-20-16-19-11-8-9-13-22(19)25(38)31-20/h8-9,11,13,16,21H,10,12,14-15,17-18H2,1-5H3,(H,31,38)(H,41,42)/t21-/m1/s1. The van der Waals surface area contributed by atoms with Gasteiger partial charge in [0.1, 0.15) is 0 Å². The van der Waals surface area contributed by atoms with Crippen molar-refractivity contribution in [1.82, 2.24) is 28.6 Å². The van der Waals surface area contributed by atoms with Crippen LogP contribution in [0.15, 0.2) is 44.7 Å². The molecule has 1 fully saturated rings. The van der Waals surface area contributed by atoms with Gasteiger partial charge >= 0.3 is 11.8 Å². The van der Waals surface area contributed by atoms with Crippen molar-refractivity contribution in [3.63, 3.8) is 0 Å². The number of carbonyl (C=O) groups is 1. The summed E-state index contributed by atoms with van der Waals surface area (Å²) in [4.78, 5) is 63.3. The summed E-state index contributed by atoms with van der Waals surface area (Å²) >= 11 is 0. The lowest BCUT2D eigenvalue weighted by atomic mass is 9.98. The van der Waals surface area contributed by atoms with E-state index in [1.54, 1.807) is 42.8 Å². The van der Waals surface area contributed by atoms with E-state index >= 15 is 0 Å². The van der Waals surface area contributed by atoms with Crippen LogP contribution in [0.3, 0.4) is 0 Å². The average molecular weight is 574 g/mol. The van der Waals surface area contributed by atoms with Crippen molar-refractivity contribution in [2.75, 3.05) is 18.0 Å². The third kappa shape index (κ3) is 5.06. The van der Waals surface area contributed by atoms with Crippen LogP contribution in [0.2, 0.25) is 0 Å². The number of nitrogens with zero attached hydrogens (tertiary/aromatic N) is 6. The maximum absolute atomic E-state index is 14.0. The van der Waals surface area contributed by atoms with E-state index in [4.69, 9.17) is 4.98 Å². The van der Waals surface area contributed by atoms with Crippen molar-refractivity contribution >= 4 is 34.0 Å². The normalized spacial score (nSPS) is 15.5. The molecule has 1 atom stereocenters. The Balaban J connectivity index is 1.63. The largest absolute Gasteiger partial charge is 0.465 e. The Bertz CT molecular complexity index is 1930. The van der Waals surface area contributed by atoms with Crippen molar-refractivity contribution in [1.29, 1.82) is 0 Å². The number of fused-ring (bicyclic) bond motifs is 2. The van der Waals surface area contributed by atoms with E-state index in [1.807, 2.05) is 31.7 Å². The SMILES string of the molecule is CC#CCn1c(N2CCC[C@@H](N(C(=O)O)C(C)(C)C)C2)nc2c1c(=O)n(Cc1cc3ccccc3c(=O)[nH]1)c(=O)n2C. The van der Waals surface area contributed by atoms with E-state index in [2.05, 4.69) is 16.8 Å². The lowest BCUT2D eigenvalue weighted by Gasteiger charge is -2.44. The molecule has 220 valence electrons. The number of benzene rings is 1. The maximum atomic E-state index is 14.0. The number of hydrogen-bond donors (Lipinski definition) is 2. The highest BCUT2D eigenvalue weighted by molar-refractivity contribution is 5.81. The number of imidazole rings is 1. The Morgan fingerprint density at radius 1 is 1.19 bits per heavy atom. The number of H-pyrrole nitrogens is 1. The molecule has 2 N–H and O–H groups in total. The van der Waals surface area contributed by atoms with Crippen LogP contribution in [0.1, 0.15) is 46.2 Å². The summed E-state index contributed by atoms with van der Waals surface area (Å²) in [6.07, 6.45) is 0.437. The number of rotatable bonds is 5. The summed E-state index contributed by atoms with van der Waals surface area (Å²) in [6, 6.07) is 8.59. The predicted molar refractivity (Wildman–Crippen MR) is 161 cm³/mol. The number of anilines is 1. The summed E-state index contributed by atoms with van der Waals surface area (Å²) in [5, 5.41) is 11.2. The average Bonchev–Trinajstić information content (AvgIpc) is 3.32. The van der Waals surface area contributed by atoms with E-state index in [-0.39, 0.29) is 35.9 Å². The van der Waals surface area contributed by atoms with Gasteiger partial charge in [-0.15, -0.1) is 5.92 Å². The predicted octanol–water partition coefficient (Wildman–Crippen LogP) is 2.56. The Labute approximate surface area is 241 Å². The Hall–Kier alpha value is -4.79. The van der Waals surface area contributed by atoms with Gasteiger partial charge in [-0.25, -0.2) is 9.59 Å². The van der Waals surface area contributed by atoms with Gasteiger partial charge in [-0.2, -0.15) is 4.98 Å². The molecule has 1 aliphatic heterocycles. The minimum Gasteiger partial charge on any atom is -0.465 e. The Kier molecular flexibility index (Phi) is 7.45. The molecule has 0 saturated carbocycles. The van der Waals surface area contributed by atoms with Crippen molar-refractivity contribution < 1.29 is 9.90 Å². The van der Waals surface area contributed by atoms with Gasteiger partial charge in [-0.05, 0) is 58.1 Å². The fourth-order valence-corrected chi connectivity index (χ4v) is 5.91. The first-order valence-corrected chi connectivity index (χ1v) is 13.9. The summed E-state index contributed by atoms with van der Waals surface area (Å²) in [5.74, 6) is 6.34. The molecule has 0 spiro atoms. The highest BCUT2D eigenvalue weighted by atomic mass is 16.4. The molecule has 0 bridgehead atoms. The zero-order chi connectivity index (χ0) is 30.3. The van der Waals surface area contributed by atoms with Crippen molar-refractivity contribution in [2.45, 2.75) is 65.2 Å². The van der Waals surface area contributed by atoms with E-state index in [0.29, 0.717) is 41.9 Å². The molecular weight excluding hydrogens is 538 g/mol. The first kappa shape index (κ1) is 28.7. The first-order valence-electron chi connectivity index (χ1n) is 13.9. The van der Waals surface area contributed by atoms with Gasteiger partial charge in [0.15, 0.2) is 11.2 Å². The highest BCUT2D eigenvalue weighted by Gasteiger charge is 2.37. The molecule has 4 heterocycles. The summed E-state index contributed by atoms with van der Waals surface area (Å²) < 4.78 is 4.13. The lowest BCUT2D eigenvalue weighted by molar-refractivity contribution is 0.0646. The number of hydrogen-bond acceptors (Lipinski definition) is 6. The van der Waals surface area contributed by atoms with Gasteiger partial charge in [0.2, 0.25) is 5.95 Å². The molecule has 4 aromatic rings. The van der Waals surface area contributed by atoms with Crippen LogP contribution < -0.4 is 21.7 Å². The number of aryl methyl sites for hydroxylation is 1. The molecule has 1 aliphatic rings. The van der Waals surface area contributed by atoms with Crippen LogP contribution in [0, 0.1) is 11.8 Å². The zero-order valence-electron chi connectivity index (χ0n) is 24.5. The van der Waals surface area contributed by atoms with E-state index in [0.717, 1.165) is 11.0 Å². The van der Waals surface area contributed by atoms with Gasteiger partial charge in [-0.3, -0.25) is 28.2 Å². The summed E-state index contributed by atoms with van der Waals surface area (Å²) in [5.41, 5.74) is -1.17. The van der Waals surface area contributed by atoms with Crippen molar-refractivity contribution in [3.8, 4) is 11.8 Å². The first-order chi connectivity index (χ1) is 19.9. The number of aromatic nitrogens is 5. The maximum Gasteiger partial charge on any atom is 0.408 e. The topological polar surface area (TPSA) is 138 Å². The minimum atomic E-state index is -0.989. The second-order valence-electron chi connectivity index (χ2n) is 11.6. The molecule has 0 radical (unpaired) electrons. The quantitative estimate of drug-likeness (QED) is 0.350. The highest BCUT2D eigenvalue weighted by Crippen LogP contribution is 2.28. The van der Waals surface area contributed by atoms with Crippen LogP contribution in [0.4, 0.5) is 10.7 Å². The molecule has 1 aromatic carbocycles. The van der Waals surface area contributed by atoms with Gasteiger partial charge < -0.3 is 15.0 Å². The van der Waals surface area contributed by atoms with E-state index in [9.17, 15) is 24.3 Å². The fourth-order valence-electron chi connectivity index (χ4n) is 5.91. The van der Waals surface area contributed by atoms with Gasteiger partial charge in [0.05, 0.1) is 19.1 Å². The number of piperidine rings is 1. The lowest BCUT2D eigenvalue weighted by Crippen LogP contribution is -2.57. The molecule has 12 nitrogen and oxygen atoms in total. The van der Waals surface area contributed by atoms with Gasteiger partial charge in [0.25, 0.3) is 11.1 Å². The smallest absolute Gasteiger partial charge is 0.408 e. The second kappa shape index (κ2) is 10.9. The van der Waals surface area contributed by atoms with Crippen LogP contribution in [-0.2, 0) is 20.1 Å². The Morgan fingerprint density at radius 2 is 1.93 bits per heavy atom. The van der Waals surface area contributed by atoms with Crippen molar-refractivity contribution in [2.24, 2.45) is 7.05 Å². The molecule has 42 heavy (non-hydrogen) atoms. The number of aromatic amines is 1. The Morgan fingerprint density at radius 3 is 2.62 bits per heavy atom. The van der Waals surface area contributed by atoms with Gasteiger partial charge in [-0.1, -0.05) is 24.1 Å². The third-order valence-corrected chi connectivity index (χ3v) is 7.74. The third-order valence-electron chi connectivity index (χ3n) is 7.74. The molecule has 1 saturated heterocycles. The van der Waals surface area contributed by atoms with Crippen LogP contribution in [0.25, 0.3) is 21.9 Å². The van der Waals surface area contributed by atoms with Crippen LogP contribution in [-0.4, -0.2) is 64.4 Å². The van der Waals surface area contributed by atoms with Crippen LogP contribution >= 0.6 is 0 Å². The number of amides is 1. The zero-order valence-corrected chi connectivity index (χ0v) is 24.5. The molecular formula is C30H35N7O5. The van der Waals surface area contributed by atoms with Crippen LogP contribution in [0.5, 0.6) is 0 Å². The molecule has 12 heteroatoms. The number of pyridine rings is 1. The molecule has 3 aromatic heterocycles. The number of nitrogens with one attached hydrogen (secondary N) is 1. The summed E-state index contributed by atoms with van der Waals surface area (Å²) in [6.45, 7) is 8.32. The van der Waals surface area contributed by atoms with Crippen molar-refractivity contribution in [3.05, 3.63) is 67.2 Å². The minimum absolute atomic E-state index is 0.133. The molecule has 0 aliphatic carbocycles. The summed E-state index contributed by atoms with van der Waals surface area (Å²) in [7, 11) is 1.56. The second-order valence-corrected chi connectivity index (χ2v) is 11.6. The molecule has 5 rings (SSSR count). The molecule has 1 amide bonds. The monoisotopic (exact) mass is 573 g/mol. The van der Waals surface area contributed by atoms with Gasteiger partial charge in [0, 0.05) is 36.8 Å². The van der Waals surface area contributed by atoms with E-state index in [1.165, 1.54) is 9.47 Å². The fraction of sp³-hybridized carbons (Fsp3) is 0.433. The number of carboxylic acid groups (broad SMARTS) is 1.